The summed E-state index contributed by atoms with van der Waals surface area (Å²) in [5.41, 5.74) is 39.9. The van der Waals surface area contributed by atoms with Crippen LogP contribution in [0.25, 0.3) is 0 Å². The van der Waals surface area contributed by atoms with Crippen LogP contribution in [0, 0.1) is 11.8 Å². The Morgan fingerprint density at radius 3 is 1.26 bits per heavy atom. The number of H-pyrrole nitrogens is 1. The van der Waals surface area contributed by atoms with Crippen LogP contribution in [0.2, 0.25) is 0 Å². The third-order valence-electron chi connectivity index (χ3n) is 11.9. The number of imidazole rings is 1. The molecule has 0 saturated heterocycles. The van der Waals surface area contributed by atoms with Crippen molar-refractivity contribution in [2.45, 2.75) is 147 Å². The summed E-state index contributed by atoms with van der Waals surface area (Å²) < 4.78 is 0. The molecule has 2 aromatic rings. The number of guanidine groups is 3. The van der Waals surface area contributed by atoms with Crippen LogP contribution in [0.3, 0.4) is 0 Å². The molecular weight excluding hydrogens is 1010 g/mol. The maximum absolute atomic E-state index is 14.6. The van der Waals surface area contributed by atoms with Gasteiger partial charge >= 0.3 is 0 Å². The third-order valence-corrected chi connectivity index (χ3v) is 11.9. The Hall–Kier alpha value is -8.24. The maximum Gasteiger partial charge on any atom is 0.243 e. The van der Waals surface area contributed by atoms with Gasteiger partial charge in [0, 0.05) is 44.4 Å². The molecule has 0 fully saturated rings. The Balaban J connectivity index is 2.60. The van der Waals surface area contributed by atoms with Crippen molar-refractivity contribution >= 4 is 65.1 Å². The summed E-state index contributed by atoms with van der Waals surface area (Å²) in [6.45, 7) is 9.08. The summed E-state index contributed by atoms with van der Waals surface area (Å²) in [6, 6.07) is -3.73. The largest absolute Gasteiger partial charge is 0.508 e. The molecule has 1 aromatic heterocycles. The Kier molecular flexibility index (Phi) is 29.1. The average molecular weight is 1100 g/mol. The fourth-order valence-electron chi connectivity index (χ4n) is 7.70. The molecule has 78 heavy (non-hydrogen) atoms. The topological polar surface area (TPSA) is 501 Å². The molecule has 0 aliphatic heterocycles. The number of nitrogens with one attached hydrogen (secondary N) is 9. The van der Waals surface area contributed by atoms with E-state index < -0.39 is 95.6 Å². The summed E-state index contributed by atoms with van der Waals surface area (Å²) in [5.74, 6) is -6.87. The van der Waals surface area contributed by atoms with Crippen molar-refractivity contribution in [3.05, 3.63) is 48.0 Å². The molecule has 434 valence electrons. The molecule has 1 heterocycles. The van der Waals surface area contributed by atoms with Gasteiger partial charge in [-0.2, -0.15) is 0 Å². The number of nitrogens with two attached hydrogens (primary N) is 7. The molecule has 0 aliphatic rings. The van der Waals surface area contributed by atoms with E-state index in [0.29, 0.717) is 11.3 Å². The van der Waals surface area contributed by atoms with E-state index in [9.17, 15) is 43.5 Å². The first kappa shape index (κ1) is 65.9. The van der Waals surface area contributed by atoms with Crippen LogP contribution in [0.4, 0.5) is 0 Å². The molecule has 8 atom stereocenters. The number of phenols is 1. The fourth-order valence-corrected chi connectivity index (χ4v) is 7.70. The second-order valence-electron chi connectivity index (χ2n) is 19.6. The summed E-state index contributed by atoms with van der Waals surface area (Å²) in [4.78, 5) is 130. The van der Waals surface area contributed by atoms with Gasteiger partial charge < -0.3 is 92.8 Å². The summed E-state index contributed by atoms with van der Waals surface area (Å²) in [5, 5.41) is 31.6. The predicted octanol–water partition coefficient (Wildman–Crippen LogP) is -4.36. The van der Waals surface area contributed by atoms with Crippen molar-refractivity contribution in [2.75, 3.05) is 26.7 Å². The highest BCUT2D eigenvalue weighted by molar-refractivity contribution is 5.98. The van der Waals surface area contributed by atoms with E-state index in [1.165, 1.54) is 24.7 Å². The highest BCUT2D eigenvalue weighted by Gasteiger charge is 2.35. The molecule has 0 radical (unpaired) electrons. The zero-order valence-electron chi connectivity index (χ0n) is 45.5. The Labute approximate surface area is 454 Å². The minimum atomic E-state index is -1.46. The molecule has 0 spiro atoms. The Bertz CT molecular complexity index is 2330. The van der Waals surface area contributed by atoms with Gasteiger partial charge in [0.05, 0.1) is 12.4 Å². The number of likely N-dealkylation sites (N-methyl/N-ethyl adjacent to an activating group) is 1. The molecular formula is C49H84N20O9. The van der Waals surface area contributed by atoms with Crippen LogP contribution in [0.5, 0.6) is 5.75 Å². The van der Waals surface area contributed by atoms with E-state index in [-0.39, 0.29) is 119 Å². The van der Waals surface area contributed by atoms with Crippen molar-refractivity contribution in [1.82, 2.24) is 52.5 Å². The van der Waals surface area contributed by atoms with E-state index in [0.717, 1.165) is 0 Å². The van der Waals surface area contributed by atoms with Gasteiger partial charge in [0.25, 0.3) is 0 Å². The van der Waals surface area contributed by atoms with E-state index in [4.69, 9.17) is 40.1 Å². The number of rotatable bonds is 36. The lowest BCUT2D eigenvalue weighted by Crippen LogP contribution is -2.60. The minimum Gasteiger partial charge on any atom is -0.508 e. The standard InChI is InChI=1S/C49H84N20O9/c1-26(2)20-35(39(50)71)66-44(76)36(21-27(3)4)68-42(74)33(11-8-18-60-48(53)54)63-41(73)32(10-7-17-59-47(51)52)65-46(78)38(23-30-24-58-25-62-30)69-43(75)34(12-9-19-61-49(55)56)64-45(77)37(67-40(72)28(5)57-6)22-29-13-15-31(70)16-14-29/h13-16,24-28,32-38,57,70H,7-12,17-23H2,1-6H3,(H2,50,71)(H,58,62)(H,63,73)(H,64,77)(H,65,78)(H,66,76)(H,67,72)(H,68,74)(H,69,75)(H4,51,52,59)(H4,53,54,60)(H4,55,56,61)/t28-,32-,33-,34-,35-,36-,37-,38-/m0/s1. The van der Waals surface area contributed by atoms with Crippen molar-refractivity contribution in [2.24, 2.45) is 66.9 Å². The van der Waals surface area contributed by atoms with Gasteiger partial charge in [-0.3, -0.25) is 53.3 Å². The molecule has 0 unspecified atom stereocenters. The molecule has 2 rings (SSSR count). The number of benzene rings is 1. The lowest BCUT2D eigenvalue weighted by Gasteiger charge is -2.28. The minimum absolute atomic E-state index is 0.00981. The van der Waals surface area contributed by atoms with Crippen LogP contribution in [0.15, 0.2) is 51.8 Å². The van der Waals surface area contributed by atoms with Gasteiger partial charge in [0.1, 0.15) is 48.0 Å². The molecule has 29 heteroatoms. The number of hydrogen-bond donors (Lipinski definition) is 17. The average Bonchev–Trinajstić information content (AvgIpc) is 3.89. The van der Waals surface area contributed by atoms with Gasteiger partial charge in [0.15, 0.2) is 17.9 Å². The first-order chi connectivity index (χ1) is 36.8. The number of amides is 8. The first-order valence-corrected chi connectivity index (χ1v) is 25.8. The smallest absolute Gasteiger partial charge is 0.243 e. The number of aliphatic imine (C=N–C) groups is 3. The molecule has 0 saturated carbocycles. The number of primary amides is 1. The van der Waals surface area contributed by atoms with Crippen LogP contribution >= 0.6 is 0 Å². The fraction of sp³-hybridized carbons (Fsp3) is 0.592. The first-order valence-electron chi connectivity index (χ1n) is 25.8. The number of carbonyl (C=O) groups excluding carboxylic acids is 8. The lowest BCUT2D eigenvalue weighted by atomic mass is 9.99. The maximum atomic E-state index is 14.6. The number of nitrogens with zero attached hydrogens (tertiary/aromatic N) is 4. The van der Waals surface area contributed by atoms with Crippen molar-refractivity contribution in [3.8, 4) is 5.75 Å². The SMILES string of the molecule is CN[C@@H](C)C(=O)N[C@@H](Cc1ccc(O)cc1)C(=O)N[C@@H](CCCN=C(N)N)C(=O)N[C@@H](Cc1cnc[nH]1)C(=O)N[C@@H](CCCN=C(N)N)C(=O)N[C@@H](CCCN=C(N)N)C(=O)N[C@@H](CC(C)C)C(=O)N[C@@H](CC(C)C)C(N)=O. The van der Waals surface area contributed by atoms with E-state index in [2.05, 4.69) is 67.5 Å². The lowest BCUT2D eigenvalue weighted by molar-refractivity contribution is -0.136. The van der Waals surface area contributed by atoms with E-state index in [1.54, 1.807) is 26.1 Å². The van der Waals surface area contributed by atoms with Gasteiger partial charge in [-0.15, -0.1) is 0 Å². The quantitative estimate of drug-likeness (QED) is 0.0174. The molecule has 24 N–H and O–H groups in total. The van der Waals surface area contributed by atoms with Gasteiger partial charge in [-0.05, 0) is 94.9 Å². The molecule has 0 bridgehead atoms. The van der Waals surface area contributed by atoms with E-state index in [1.807, 2.05) is 27.7 Å². The van der Waals surface area contributed by atoms with Crippen LogP contribution in [-0.2, 0) is 51.2 Å². The monoisotopic (exact) mass is 1100 g/mol. The van der Waals surface area contributed by atoms with E-state index >= 15 is 0 Å². The van der Waals surface area contributed by atoms with Gasteiger partial charge in [-0.1, -0.05) is 39.8 Å². The van der Waals surface area contributed by atoms with Crippen LogP contribution in [0.1, 0.15) is 97.2 Å². The van der Waals surface area contributed by atoms with Crippen molar-refractivity contribution < 1.29 is 43.5 Å². The number of carbonyl (C=O) groups is 8. The summed E-state index contributed by atoms with van der Waals surface area (Å²) >= 11 is 0. The number of aromatic amines is 1. The zero-order valence-corrected chi connectivity index (χ0v) is 45.5. The molecule has 0 aliphatic carbocycles. The second-order valence-corrected chi connectivity index (χ2v) is 19.6. The van der Waals surface area contributed by atoms with Crippen molar-refractivity contribution in [3.63, 3.8) is 0 Å². The third kappa shape index (κ3) is 26.0. The molecule has 1 aromatic carbocycles. The second kappa shape index (κ2) is 34.4. The van der Waals surface area contributed by atoms with Crippen LogP contribution < -0.4 is 82.7 Å². The Morgan fingerprint density at radius 2 is 0.872 bits per heavy atom. The highest BCUT2D eigenvalue weighted by Crippen LogP contribution is 2.14. The molecule has 29 nitrogen and oxygen atoms in total. The predicted molar refractivity (Wildman–Crippen MR) is 294 cm³/mol. The number of aromatic nitrogens is 2. The zero-order chi connectivity index (χ0) is 58.5. The highest BCUT2D eigenvalue weighted by atomic mass is 16.3. The molecule has 8 amide bonds. The summed E-state index contributed by atoms with van der Waals surface area (Å²) in [6.07, 6.45) is 3.13. The Morgan fingerprint density at radius 1 is 0.513 bits per heavy atom. The number of hydrogen-bond acceptors (Lipinski definition) is 14. The number of phenolic OH excluding ortho intramolecular Hbond substituents is 1. The van der Waals surface area contributed by atoms with Gasteiger partial charge in [-0.25, -0.2) is 4.98 Å². The summed E-state index contributed by atoms with van der Waals surface area (Å²) in [7, 11) is 1.56. The number of aromatic hydroxyl groups is 1. The van der Waals surface area contributed by atoms with Crippen LogP contribution in [-0.4, -0.2) is 155 Å². The van der Waals surface area contributed by atoms with Crippen molar-refractivity contribution in [1.29, 1.82) is 0 Å². The van der Waals surface area contributed by atoms with Gasteiger partial charge in [0.2, 0.25) is 47.3 Å². The normalized spacial score (nSPS) is 14.1.